The lowest BCUT2D eigenvalue weighted by Gasteiger charge is -2.16. The van der Waals surface area contributed by atoms with E-state index in [1.54, 1.807) is 6.92 Å². The minimum absolute atomic E-state index is 0.00288. The quantitative estimate of drug-likeness (QED) is 0.674. The zero-order valence-corrected chi connectivity index (χ0v) is 7.88. The number of hydrogen-bond donors (Lipinski definition) is 1. The molecule has 0 heterocycles. The molecule has 13 heavy (non-hydrogen) atoms. The van der Waals surface area contributed by atoms with Gasteiger partial charge in [0.25, 0.3) is 0 Å². The minimum Gasteiger partial charge on any atom is -0.466 e. The molecule has 1 saturated carbocycles. The molecule has 3 nitrogen and oxygen atoms in total. The molecular formula is C9H16FNO2. The summed E-state index contributed by atoms with van der Waals surface area (Å²) in [4.78, 5) is 11.2. The van der Waals surface area contributed by atoms with Gasteiger partial charge in [0.2, 0.25) is 0 Å². The molecule has 0 aliphatic heterocycles. The molecule has 0 radical (unpaired) electrons. The molecule has 0 saturated heterocycles. The molecule has 76 valence electrons. The lowest BCUT2D eigenvalue weighted by atomic mass is 10.0. The van der Waals surface area contributed by atoms with Crippen LogP contribution in [-0.4, -0.2) is 24.8 Å². The molecule has 0 aromatic heterocycles. The molecule has 4 heteroatoms. The Labute approximate surface area is 77.4 Å². The number of esters is 1. The first kappa shape index (κ1) is 10.4. The predicted molar refractivity (Wildman–Crippen MR) is 46.9 cm³/mol. The van der Waals surface area contributed by atoms with Crippen LogP contribution in [0.5, 0.6) is 0 Å². The van der Waals surface area contributed by atoms with Crippen LogP contribution in [0.3, 0.4) is 0 Å². The molecule has 1 fully saturated rings. The Morgan fingerprint density at radius 1 is 1.77 bits per heavy atom. The molecule has 1 rings (SSSR count). The van der Waals surface area contributed by atoms with Crippen LogP contribution >= 0.6 is 0 Å². The van der Waals surface area contributed by atoms with Gasteiger partial charge in [0.05, 0.1) is 12.5 Å². The van der Waals surface area contributed by atoms with Gasteiger partial charge >= 0.3 is 5.97 Å². The normalized spacial score (nSPS) is 33.3. The van der Waals surface area contributed by atoms with Crippen LogP contribution in [0.4, 0.5) is 4.39 Å². The van der Waals surface area contributed by atoms with E-state index >= 15 is 0 Å². The Kier molecular flexibility index (Phi) is 3.25. The van der Waals surface area contributed by atoms with Gasteiger partial charge in [-0.1, -0.05) is 0 Å². The van der Waals surface area contributed by atoms with Crippen molar-refractivity contribution in [2.75, 3.05) is 13.2 Å². The average Bonchev–Trinajstić information content (AvgIpc) is 2.50. The average molecular weight is 189 g/mol. The molecule has 0 aromatic rings. The number of nitrogens with two attached hydrogens (primary N) is 1. The van der Waals surface area contributed by atoms with E-state index in [-0.39, 0.29) is 24.9 Å². The summed E-state index contributed by atoms with van der Waals surface area (Å²) >= 11 is 0. The van der Waals surface area contributed by atoms with Crippen LogP contribution in [-0.2, 0) is 9.53 Å². The standard InChI is InChI=1S/C9H16FNO2/c1-2-13-8(12)7-3-4-9(10,5-7)6-11/h7H,2-6,11H2,1H3/t7-,9+/m1/s1. The maximum Gasteiger partial charge on any atom is 0.309 e. The third-order valence-electron chi connectivity index (χ3n) is 2.54. The Morgan fingerprint density at radius 2 is 2.46 bits per heavy atom. The minimum atomic E-state index is -1.34. The molecule has 1 aliphatic rings. The highest BCUT2D eigenvalue weighted by molar-refractivity contribution is 5.73. The summed E-state index contributed by atoms with van der Waals surface area (Å²) in [6.07, 6.45) is 1.17. The fraction of sp³-hybridized carbons (Fsp3) is 0.889. The molecule has 0 aromatic carbocycles. The van der Waals surface area contributed by atoms with Crippen molar-refractivity contribution < 1.29 is 13.9 Å². The van der Waals surface area contributed by atoms with Crippen molar-refractivity contribution in [2.24, 2.45) is 11.7 Å². The number of halogens is 1. The number of carbonyl (C=O) groups is 1. The predicted octanol–water partition coefficient (Wildman–Crippen LogP) is 1.02. The lowest BCUT2D eigenvalue weighted by molar-refractivity contribution is -0.148. The molecule has 0 amide bonds. The van der Waals surface area contributed by atoms with Crippen LogP contribution in [0.15, 0.2) is 0 Å². The fourth-order valence-electron chi connectivity index (χ4n) is 1.73. The second kappa shape index (κ2) is 4.05. The molecule has 2 atom stereocenters. The molecule has 0 spiro atoms. The van der Waals surface area contributed by atoms with Gasteiger partial charge in [0, 0.05) is 6.54 Å². The highest BCUT2D eigenvalue weighted by Gasteiger charge is 2.41. The summed E-state index contributed by atoms with van der Waals surface area (Å²) in [6, 6.07) is 0. The van der Waals surface area contributed by atoms with E-state index in [4.69, 9.17) is 10.5 Å². The van der Waals surface area contributed by atoms with Gasteiger partial charge in [-0.05, 0) is 26.2 Å². The lowest BCUT2D eigenvalue weighted by Crippen LogP contribution is -2.30. The Balaban J connectivity index is 2.45. The molecule has 2 N–H and O–H groups in total. The largest absolute Gasteiger partial charge is 0.466 e. The monoisotopic (exact) mass is 189 g/mol. The van der Waals surface area contributed by atoms with Crippen molar-refractivity contribution in [3.63, 3.8) is 0 Å². The number of rotatable bonds is 3. The summed E-state index contributed by atoms with van der Waals surface area (Å²) in [7, 11) is 0. The highest BCUT2D eigenvalue weighted by atomic mass is 19.1. The molecule has 0 unspecified atom stereocenters. The second-order valence-corrected chi connectivity index (χ2v) is 3.55. The molecule has 0 bridgehead atoms. The summed E-state index contributed by atoms with van der Waals surface area (Å²) in [5.74, 6) is -0.566. The Bertz CT molecular complexity index is 198. The number of alkyl halides is 1. The van der Waals surface area contributed by atoms with Gasteiger partial charge in [-0.15, -0.1) is 0 Å². The first-order valence-corrected chi connectivity index (χ1v) is 4.67. The van der Waals surface area contributed by atoms with Gasteiger partial charge in [0.15, 0.2) is 0 Å². The first-order chi connectivity index (χ1) is 6.11. The van der Waals surface area contributed by atoms with E-state index in [1.807, 2.05) is 0 Å². The van der Waals surface area contributed by atoms with Crippen molar-refractivity contribution in [2.45, 2.75) is 31.9 Å². The molecular weight excluding hydrogens is 173 g/mol. The maximum absolute atomic E-state index is 13.6. The van der Waals surface area contributed by atoms with E-state index in [2.05, 4.69) is 0 Å². The summed E-state index contributed by atoms with van der Waals surface area (Å²) in [5, 5.41) is 0. The van der Waals surface area contributed by atoms with Gasteiger partial charge in [-0.3, -0.25) is 4.79 Å². The summed E-state index contributed by atoms with van der Waals surface area (Å²) < 4.78 is 18.4. The van der Waals surface area contributed by atoms with Crippen molar-refractivity contribution >= 4 is 5.97 Å². The zero-order chi connectivity index (χ0) is 9.90. The molecule has 1 aliphatic carbocycles. The maximum atomic E-state index is 13.6. The van der Waals surface area contributed by atoms with E-state index in [0.29, 0.717) is 19.4 Å². The summed E-state index contributed by atoms with van der Waals surface area (Å²) in [5.41, 5.74) is 3.94. The number of hydrogen-bond acceptors (Lipinski definition) is 3. The van der Waals surface area contributed by atoms with Crippen molar-refractivity contribution in [3.8, 4) is 0 Å². The van der Waals surface area contributed by atoms with Gasteiger partial charge in [0.1, 0.15) is 5.67 Å². The van der Waals surface area contributed by atoms with Crippen molar-refractivity contribution in [1.29, 1.82) is 0 Å². The SMILES string of the molecule is CCOC(=O)[C@@H]1CC[C@@](F)(CN)C1. The van der Waals surface area contributed by atoms with E-state index in [9.17, 15) is 9.18 Å². The van der Waals surface area contributed by atoms with E-state index < -0.39 is 5.67 Å². The van der Waals surface area contributed by atoms with Crippen molar-refractivity contribution in [3.05, 3.63) is 0 Å². The van der Waals surface area contributed by atoms with Crippen molar-refractivity contribution in [1.82, 2.24) is 0 Å². The van der Waals surface area contributed by atoms with Crippen LogP contribution in [0.1, 0.15) is 26.2 Å². The third-order valence-corrected chi connectivity index (χ3v) is 2.54. The van der Waals surface area contributed by atoms with Crippen LogP contribution in [0.2, 0.25) is 0 Å². The summed E-state index contributed by atoms with van der Waals surface area (Å²) in [6.45, 7) is 2.11. The van der Waals surface area contributed by atoms with E-state index in [1.165, 1.54) is 0 Å². The Hall–Kier alpha value is -0.640. The van der Waals surface area contributed by atoms with Crippen LogP contribution < -0.4 is 5.73 Å². The fourth-order valence-corrected chi connectivity index (χ4v) is 1.73. The van der Waals surface area contributed by atoms with Crippen LogP contribution in [0, 0.1) is 5.92 Å². The third kappa shape index (κ3) is 2.40. The number of carbonyl (C=O) groups excluding carboxylic acids is 1. The smallest absolute Gasteiger partial charge is 0.309 e. The second-order valence-electron chi connectivity index (χ2n) is 3.55. The van der Waals surface area contributed by atoms with Gasteiger partial charge < -0.3 is 10.5 Å². The van der Waals surface area contributed by atoms with E-state index in [0.717, 1.165) is 0 Å². The van der Waals surface area contributed by atoms with Gasteiger partial charge in [-0.25, -0.2) is 4.39 Å². The van der Waals surface area contributed by atoms with Crippen LogP contribution in [0.25, 0.3) is 0 Å². The first-order valence-electron chi connectivity index (χ1n) is 4.67. The topological polar surface area (TPSA) is 52.3 Å². The number of ether oxygens (including phenoxy) is 1. The highest BCUT2D eigenvalue weighted by Crippen LogP contribution is 2.37. The van der Waals surface area contributed by atoms with Gasteiger partial charge in [-0.2, -0.15) is 0 Å². The Morgan fingerprint density at radius 3 is 2.92 bits per heavy atom. The zero-order valence-electron chi connectivity index (χ0n) is 7.88.